The lowest BCUT2D eigenvalue weighted by Crippen LogP contribution is -2.32. The van der Waals surface area contributed by atoms with Crippen molar-refractivity contribution < 1.29 is 19.7 Å². The summed E-state index contributed by atoms with van der Waals surface area (Å²) in [5, 5.41) is 20.8. The summed E-state index contributed by atoms with van der Waals surface area (Å²) in [4.78, 5) is 0. The smallest absolute Gasteiger partial charge is 0.0897 e. The van der Waals surface area contributed by atoms with Crippen molar-refractivity contribution in [2.24, 2.45) is 0 Å². The highest BCUT2D eigenvalue weighted by Gasteiger charge is 2.02. The van der Waals surface area contributed by atoms with Crippen LogP contribution in [0.1, 0.15) is 19.8 Å². The van der Waals surface area contributed by atoms with Crippen LogP contribution in [0.5, 0.6) is 0 Å². The molecule has 0 saturated heterocycles. The Morgan fingerprint density at radius 2 is 1.94 bits per heavy atom. The third-order valence-electron chi connectivity index (χ3n) is 1.99. The van der Waals surface area contributed by atoms with Crippen molar-refractivity contribution in [3.05, 3.63) is 0 Å². The molecule has 5 nitrogen and oxygen atoms in total. The number of hydrogen-bond acceptors (Lipinski definition) is 5. The molecule has 0 amide bonds. The molecular formula is C11H25NO4. The minimum atomic E-state index is -0.526. The Balaban J connectivity index is 3.06. The molecule has 0 fully saturated rings. The van der Waals surface area contributed by atoms with Crippen LogP contribution in [0.3, 0.4) is 0 Å². The summed E-state index contributed by atoms with van der Waals surface area (Å²) in [5.74, 6) is 0. The molecule has 1 unspecified atom stereocenters. The first-order chi connectivity index (χ1) is 7.81. The largest absolute Gasteiger partial charge is 0.395 e. The summed E-state index contributed by atoms with van der Waals surface area (Å²) in [7, 11) is 0. The molecule has 0 saturated carbocycles. The molecule has 0 rings (SSSR count). The molecule has 0 spiro atoms. The van der Waals surface area contributed by atoms with Gasteiger partial charge < -0.3 is 25.0 Å². The topological polar surface area (TPSA) is 71.0 Å². The molecule has 0 aromatic carbocycles. The Labute approximate surface area is 97.8 Å². The van der Waals surface area contributed by atoms with Gasteiger partial charge in [-0.25, -0.2) is 0 Å². The van der Waals surface area contributed by atoms with Gasteiger partial charge in [0.2, 0.25) is 0 Å². The Morgan fingerprint density at radius 3 is 2.62 bits per heavy atom. The van der Waals surface area contributed by atoms with Crippen LogP contribution in [-0.2, 0) is 9.47 Å². The maximum atomic E-state index is 9.41. The van der Waals surface area contributed by atoms with Crippen LogP contribution in [0, 0.1) is 0 Å². The van der Waals surface area contributed by atoms with Gasteiger partial charge in [0.1, 0.15) is 0 Å². The summed E-state index contributed by atoms with van der Waals surface area (Å²) in [6, 6.07) is 0. The van der Waals surface area contributed by atoms with Crippen molar-refractivity contribution >= 4 is 0 Å². The molecule has 0 bridgehead atoms. The lowest BCUT2D eigenvalue weighted by atomic mass is 10.4. The second-order valence-electron chi connectivity index (χ2n) is 3.62. The summed E-state index contributed by atoms with van der Waals surface area (Å²) in [6.45, 7) is 5.32. The van der Waals surface area contributed by atoms with E-state index in [0.717, 1.165) is 19.4 Å². The Kier molecular flexibility index (Phi) is 12.7. The highest BCUT2D eigenvalue weighted by Crippen LogP contribution is 1.89. The molecule has 0 aromatic rings. The maximum absolute atomic E-state index is 9.41. The van der Waals surface area contributed by atoms with E-state index < -0.39 is 6.10 Å². The van der Waals surface area contributed by atoms with Crippen molar-refractivity contribution in [2.75, 3.05) is 46.1 Å². The van der Waals surface area contributed by atoms with E-state index in [0.29, 0.717) is 32.9 Å². The zero-order valence-corrected chi connectivity index (χ0v) is 10.2. The quantitative estimate of drug-likeness (QED) is 0.407. The molecule has 16 heavy (non-hydrogen) atoms. The van der Waals surface area contributed by atoms with Crippen LogP contribution in [0.15, 0.2) is 0 Å². The van der Waals surface area contributed by atoms with Gasteiger partial charge in [0.25, 0.3) is 0 Å². The molecule has 98 valence electrons. The van der Waals surface area contributed by atoms with Gasteiger partial charge in [0.05, 0.1) is 32.5 Å². The first kappa shape index (κ1) is 15.8. The SMILES string of the molecule is CCCCOCCOCC(O)CNCCO. The van der Waals surface area contributed by atoms with Crippen LogP contribution < -0.4 is 5.32 Å². The minimum absolute atomic E-state index is 0.0822. The van der Waals surface area contributed by atoms with Gasteiger partial charge >= 0.3 is 0 Å². The monoisotopic (exact) mass is 235 g/mol. The third kappa shape index (κ3) is 11.9. The van der Waals surface area contributed by atoms with Gasteiger partial charge in [-0.3, -0.25) is 0 Å². The zero-order valence-electron chi connectivity index (χ0n) is 10.2. The summed E-state index contributed by atoms with van der Waals surface area (Å²) < 4.78 is 10.5. The third-order valence-corrected chi connectivity index (χ3v) is 1.99. The van der Waals surface area contributed by atoms with E-state index in [1.165, 1.54) is 0 Å². The molecule has 0 aliphatic rings. The fraction of sp³-hybridized carbons (Fsp3) is 1.00. The number of nitrogens with one attached hydrogen (secondary N) is 1. The molecule has 0 heterocycles. The summed E-state index contributed by atoms with van der Waals surface area (Å²) in [5.41, 5.74) is 0. The highest BCUT2D eigenvalue weighted by atomic mass is 16.5. The maximum Gasteiger partial charge on any atom is 0.0897 e. The summed E-state index contributed by atoms with van der Waals surface area (Å²) in [6.07, 6.45) is 1.69. The van der Waals surface area contributed by atoms with Gasteiger partial charge in [-0.15, -0.1) is 0 Å². The minimum Gasteiger partial charge on any atom is -0.395 e. The predicted octanol–water partition coefficient (Wildman–Crippen LogP) is -0.237. The molecule has 0 aliphatic carbocycles. The van der Waals surface area contributed by atoms with Crippen molar-refractivity contribution in [1.29, 1.82) is 0 Å². The Bertz CT molecular complexity index is 135. The molecule has 5 heteroatoms. The van der Waals surface area contributed by atoms with E-state index >= 15 is 0 Å². The highest BCUT2D eigenvalue weighted by molar-refractivity contribution is 4.57. The second-order valence-corrected chi connectivity index (χ2v) is 3.62. The zero-order chi connectivity index (χ0) is 12.1. The lowest BCUT2D eigenvalue weighted by Gasteiger charge is -2.11. The van der Waals surface area contributed by atoms with Crippen LogP contribution in [0.4, 0.5) is 0 Å². The first-order valence-corrected chi connectivity index (χ1v) is 5.96. The fourth-order valence-electron chi connectivity index (χ4n) is 1.09. The number of aliphatic hydroxyl groups excluding tert-OH is 2. The second kappa shape index (κ2) is 12.9. The Morgan fingerprint density at radius 1 is 1.19 bits per heavy atom. The van der Waals surface area contributed by atoms with Crippen molar-refractivity contribution in [2.45, 2.75) is 25.9 Å². The number of ether oxygens (including phenoxy) is 2. The molecule has 1 atom stereocenters. The average molecular weight is 235 g/mol. The van der Waals surface area contributed by atoms with Gasteiger partial charge in [0.15, 0.2) is 0 Å². The standard InChI is InChI=1S/C11H25NO4/c1-2-3-6-15-7-8-16-10-11(14)9-12-4-5-13/h11-14H,2-10H2,1H3. The van der Waals surface area contributed by atoms with E-state index in [1.807, 2.05) is 0 Å². The van der Waals surface area contributed by atoms with Gasteiger partial charge in [-0.05, 0) is 6.42 Å². The van der Waals surface area contributed by atoms with Crippen LogP contribution in [0.2, 0.25) is 0 Å². The lowest BCUT2D eigenvalue weighted by molar-refractivity contribution is 0.00376. The first-order valence-electron chi connectivity index (χ1n) is 5.96. The van der Waals surface area contributed by atoms with E-state index in [9.17, 15) is 5.11 Å². The normalized spacial score (nSPS) is 12.9. The van der Waals surface area contributed by atoms with E-state index in [2.05, 4.69) is 12.2 Å². The van der Waals surface area contributed by atoms with Crippen molar-refractivity contribution in [3.8, 4) is 0 Å². The molecule has 3 N–H and O–H groups in total. The Hall–Kier alpha value is -0.200. The average Bonchev–Trinajstić information content (AvgIpc) is 2.28. The van der Waals surface area contributed by atoms with E-state index in [1.54, 1.807) is 0 Å². The number of aliphatic hydroxyl groups is 2. The van der Waals surface area contributed by atoms with Crippen molar-refractivity contribution in [3.63, 3.8) is 0 Å². The van der Waals surface area contributed by atoms with Gasteiger partial charge in [-0.1, -0.05) is 13.3 Å². The summed E-state index contributed by atoms with van der Waals surface area (Å²) >= 11 is 0. The fourth-order valence-corrected chi connectivity index (χ4v) is 1.09. The molecular weight excluding hydrogens is 210 g/mol. The predicted molar refractivity (Wildman–Crippen MR) is 62.5 cm³/mol. The number of unbranched alkanes of at least 4 members (excludes halogenated alkanes) is 1. The molecule has 0 aromatic heterocycles. The van der Waals surface area contributed by atoms with Crippen LogP contribution in [0.25, 0.3) is 0 Å². The van der Waals surface area contributed by atoms with Gasteiger partial charge in [-0.2, -0.15) is 0 Å². The van der Waals surface area contributed by atoms with Crippen molar-refractivity contribution in [1.82, 2.24) is 5.32 Å². The van der Waals surface area contributed by atoms with Crippen LogP contribution in [-0.4, -0.2) is 62.4 Å². The van der Waals surface area contributed by atoms with Crippen LogP contribution >= 0.6 is 0 Å². The molecule has 0 aliphatic heterocycles. The molecule has 0 radical (unpaired) electrons. The number of rotatable bonds is 12. The van der Waals surface area contributed by atoms with Gasteiger partial charge in [0, 0.05) is 19.7 Å². The van der Waals surface area contributed by atoms with E-state index in [-0.39, 0.29) is 6.61 Å². The number of hydrogen-bond donors (Lipinski definition) is 3. The van der Waals surface area contributed by atoms with E-state index in [4.69, 9.17) is 14.6 Å².